The first kappa shape index (κ1) is 23.2. The van der Waals surface area contributed by atoms with Gasteiger partial charge in [-0.05, 0) is 66.0 Å². The number of fused-ring (bicyclic) bond motifs is 1. The van der Waals surface area contributed by atoms with Crippen LogP contribution in [0.5, 0.6) is 46.0 Å². The lowest BCUT2D eigenvalue weighted by atomic mass is 10.1. The van der Waals surface area contributed by atoms with Crippen LogP contribution in [0.15, 0.2) is 146 Å². The second kappa shape index (κ2) is 10.8. The Labute approximate surface area is 221 Å². The normalized spacial score (nSPS) is 10.6. The van der Waals surface area contributed by atoms with Gasteiger partial charge in [0.2, 0.25) is 0 Å². The first-order valence-electron chi connectivity index (χ1n) is 12.3. The van der Waals surface area contributed by atoms with E-state index in [1.54, 1.807) is 0 Å². The third-order valence-corrected chi connectivity index (χ3v) is 5.82. The molecule has 0 saturated carbocycles. The van der Waals surface area contributed by atoms with Crippen LogP contribution in [0.2, 0.25) is 0 Å². The molecule has 4 heteroatoms. The van der Waals surface area contributed by atoms with Gasteiger partial charge in [0.25, 0.3) is 0 Å². The van der Waals surface area contributed by atoms with Gasteiger partial charge in [0.15, 0.2) is 0 Å². The fourth-order valence-corrected chi connectivity index (χ4v) is 4.14. The summed E-state index contributed by atoms with van der Waals surface area (Å²) in [4.78, 5) is 0. The molecular weight excluding hydrogens is 472 g/mol. The third-order valence-electron chi connectivity index (χ3n) is 5.82. The Hall–Kier alpha value is -5.22. The molecule has 4 nitrogen and oxygen atoms in total. The van der Waals surface area contributed by atoms with E-state index in [1.807, 2.05) is 146 Å². The maximum atomic E-state index is 6.41. The lowest BCUT2D eigenvalue weighted by Crippen LogP contribution is -1.94. The molecule has 0 aliphatic heterocycles. The van der Waals surface area contributed by atoms with E-state index in [0.29, 0.717) is 34.5 Å². The zero-order valence-corrected chi connectivity index (χ0v) is 20.5. The van der Waals surface area contributed by atoms with E-state index in [2.05, 4.69) is 0 Å². The molecule has 6 aromatic rings. The van der Waals surface area contributed by atoms with Crippen LogP contribution >= 0.6 is 0 Å². The van der Waals surface area contributed by atoms with Crippen molar-refractivity contribution < 1.29 is 18.9 Å². The fraction of sp³-hybridized carbons (Fsp3) is 0. The number of ether oxygens (including phenoxy) is 4. The molecule has 0 saturated heterocycles. The molecule has 0 aromatic heterocycles. The van der Waals surface area contributed by atoms with Crippen LogP contribution < -0.4 is 18.9 Å². The molecule has 6 aromatic carbocycles. The predicted molar refractivity (Wildman–Crippen MR) is 150 cm³/mol. The standard InChI is InChI=1S/C34H24O4/c1-5-13-26(14-6-1)35-30-21-25-22-31(36-27-15-7-2-8-16-27)24-33(38-29-19-11-4-12-20-29)34(25)32(23-30)37-28-17-9-3-10-18-28/h1-24H. The molecule has 0 N–H and O–H groups in total. The molecule has 0 radical (unpaired) electrons. The van der Waals surface area contributed by atoms with E-state index in [9.17, 15) is 0 Å². The van der Waals surface area contributed by atoms with Crippen molar-refractivity contribution in [2.45, 2.75) is 0 Å². The number of para-hydroxylation sites is 4. The lowest BCUT2D eigenvalue weighted by molar-refractivity contribution is 0.453. The SMILES string of the molecule is c1ccc(Oc2cc(Oc3ccccc3)c3c(Oc4ccccc4)cc(Oc4ccccc4)cc3c2)cc1. The zero-order chi connectivity index (χ0) is 25.6. The van der Waals surface area contributed by atoms with Crippen molar-refractivity contribution in [3.63, 3.8) is 0 Å². The molecule has 0 aliphatic carbocycles. The van der Waals surface area contributed by atoms with Gasteiger partial charge < -0.3 is 18.9 Å². The van der Waals surface area contributed by atoms with E-state index >= 15 is 0 Å². The minimum Gasteiger partial charge on any atom is -0.457 e. The van der Waals surface area contributed by atoms with Crippen molar-refractivity contribution in [3.8, 4) is 46.0 Å². The highest BCUT2D eigenvalue weighted by Gasteiger charge is 2.17. The van der Waals surface area contributed by atoms with Gasteiger partial charge in [-0.2, -0.15) is 0 Å². The van der Waals surface area contributed by atoms with Crippen molar-refractivity contribution in [1.29, 1.82) is 0 Å². The second-order valence-electron chi connectivity index (χ2n) is 8.60. The van der Waals surface area contributed by atoms with Gasteiger partial charge in [-0.25, -0.2) is 0 Å². The maximum Gasteiger partial charge on any atom is 0.142 e. The number of rotatable bonds is 8. The van der Waals surface area contributed by atoms with Crippen LogP contribution in [0.3, 0.4) is 0 Å². The van der Waals surface area contributed by atoms with Crippen LogP contribution in [-0.2, 0) is 0 Å². The van der Waals surface area contributed by atoms with Crippen LogP contribution in [0.25, 0.3) is 10.8 Å². The topological polar surface area (TPSA) is 36.9 Å². The zero-order valence-electron chi connectivity index (χ0n) is 20.5. The van der Waals surface area contributed by atoms with Gasteiger partial charge in [0.1, 0.15) is 46.0 Å². The summed E-state index contributed by atoms with van der Waals surface area (Å²) in [5.74, 6) is 5.37. The van der Waals surface area contributed by atoms with E-state index < -0.39 is 0 Å². The van der Waals surface area contributed by atoms with Gasteiger partial charge in [0.05, 0.1) is 5.39 Å². The molecule has 38 heavy (non-hydrogen) atoms. The summed E-state index contributed by atoms with van der Waals surface area (Å²) in [6.07, 6.45) is 0. The second-order valence-corrected chi connectivity index (χ2v) is 8.60. The minimum absolute atomic E-state index is 0.608. The number of hydrogen-bond acceptors (Lipinski definition) is 4. The van der Waals surface area contributed by atoms with Crippen LogP contribution in [0, 0.1) is 0 Å². The van der Waals surface area contributed by atoms with Crippen molar-refractivity contribution in [1.82, 2.24) is 0 Å². The lowest BCUT2D eigenvalue weighted by Gasteiger charge is -2.17. The van der Waals surface area contributed by atoms with Gasteiger partial charge in [0, 0.05) is 12.1 Å². The fourth-order valence-electron chi connectivity index (χ4n) is 4.14. The Balaban J connectivity index is 1.52. The van der Waals surface area contributed by atoms with E-state index in [1.165, 1.54) is 0 Å². The summed E-state index contributed by atoms with van der Waals surface area (Å²) in [6, 6.07) is 46.4. The van der Waals surface area contributed by atoms with Crippen LogP contribution in [-0.4, -0.2) is 0 Å². The number of hydrogen-bond donors (Lipinski definition) is 0. The molecule has 0 bridgehead atoms. The quantitative estimate of drug-likeness (QED) is 0.210. The first-order chi connectivity index (χ1) is 18.8. The average Bonchev–Trinajstić information content (AvgIpc) is 2.95. The highest BCUT2D eigenvalue weighted by molar-refractivity contribution is 5.96. The van der Waals surface area contributed by atoms with Crippen LogP contribution in [0.1, 0.15) is 0 Å². The van der Waals surface area contributed by atoms with E-state index in [4.69, 9.17) is 18.9 Å². The van der Waals surface area contributed by atoms with Crippen molar-refractivity contribution in [2.24, 2.45) is 0 Å². The van der Waals surface area contributed by atoms with E-state index in [-0.39, 0.29) is 0 Å². The Morgan fingerprint density at radius 1 is 0.289 bits per heavy atom. The monoisotopic (exact) mass is 496 g/mol. The summed E-state index contributed by atoms with van der Waals surface area (Å²) in [5, 5.41) is 1.65. The molecule has 0 spiro atoms. The molecule has 0 aliphatic rings. The Morgan fingerprint density at radius 3 is 0.947 bits per heavy atom. The van der Waals surface area contributed by atoms with Crippen molar-refractivity contribution >= 4 is 10.8 Å². The van der Waals surface area contributed by atoms with Gasteiger partial charge in [-0.15, -0.1) is 0 Å². The summed E-state index contributed by atoms with van der Waals surface area (Å²) in [5.41, 5.74) is 0. The van der Waals surface area contributed by atoms with Gasteiger partial charge in [-0.3, -0.25) is 0 Å². The largest absolute Gasteiger partial charge is 0.457 e. The highest BCUT2D eigenvalue weighted by Crippen LogP contribution is 2.44. The van der Waals surface area contributed by atoms with E-state index in [0.717, 1.165) is 22.3 Å². The third kappa shape index (κ3) is 5.45. The van der Waals surface area contributed by atoms with Crippen molar-refractivity contribution in [2.75, 3.05) is 0 Å². The van der Waals surface area contributed by atoms with Gasteiger partial charge in [-0.1, -0.05) is 72.8 Å². The Kier molecular flexibility index (Phi) is 6.60. The summed E-state index contributed by atoms with van der Waals surface area (Å²) < 4.78 is 25.3. The summed E-state index contributed by atoms with van der Waals surface area (Å²) in [6.45, 7) is 0. The number of benzene rings is 6. The maximum absolute atomic E-state index is 6.41. The van der Waals surface area contributed by atoms with Crippen LogP contribution in [0.4, 0.5) is 0 Å². The molecular formula is C34H24O4. The predicted octanol–water partition coefficient (Wildman–Crippen LogP) is 10.0. The molecule has 184 valence electrons. The molecule has 6 rings (SSSR count). The highest BCUT2D eigenvalue weighted by atomic mass is 16.5. The van der Waals surface area contributed by atoms with Crippen molar-refractivity contribution in [3.05, 3.63) is 146 Å². The molecule has 0 heterocycles. The molecule has 0 unspecified atom stereocenters. The van der Waals surface area contributed by atoms with Gasteiger partial charge >= 0.3 is 0 Å². The molecule has 0 atom stereocenters. The molecule has 0 fully saturated rings. The first-order valence-corrected chi connectivity index (χ1v) is 12.3. The smallest absolute Gasteiger partial charge is 0.142 e. The average molecular weight is 497 g/mol. The summed E-state index contributed by atoms with van der Waals surface area (Å²) in [7, 11) is 0. The minimum atomic E-state index is 0.608. The Bertz CT molecular complexity index is 1510. The summed E-state index contributed by atoms with van der Waals surface area (Å²) >= 11 is 0. The molecule has 0 amide bonds. The Morgan fingerprint density at radius 2 is 0.605 bits per heavy atom.